The third kappa shape index (κ3) is 2.45. The van der Waals surface area contributed by atoms with E-state index in [0.29, 0.717) is 15.7 Å². The van der Waals surface area contributed by atoms with Crippen LogP contribution in [0.5, 0.6) is 5.75 Å². The Morgan fingerprint density at radius 1 is 1.29 bits per heavy atom. The van der Waals surface area contributed by atoms with E-state index in [0.717, 1.165) is 0 Å². The Morgan fingerprint density at radius 2 is 2.06 bits per heavy atom. The fraction of sp³-hybridized carbons (Fsp3) is 0. The van der Waals surface area contributed by atoms with Gasteiger partial charge in [0.05, 0.1) is 11.3 Å². The van der Waals surface area contributed by atoms with Crippen molar-refractivity contribution in [1.82, 2.24) is 4.98 Å². The number of nitrogens with zero attached hydrogens (tertiary/aromatic N) is 1. The zero-order valence-corrected chi connectivity index (χ0v) is 10.2. The van der Waals surface area contributed by atoms with Gasteiger partial charge in [-0.3, -0.25) is 4.98 Å². The van der Waals surface area contributed by atoms with Gasteiger partial charge in [0.2, 0.25) is 0 Å². The molecule has 0 spiro atoms. The first-order chi connectivity index (χ1) is 8.08. The van der Waals surface area contributed by atoms with Crippen molar-refractivity contribution in [2.24, 2.45) is 0 Å². The van der Waals surface area contributed by atoms with Crippen LogP contribution in [-0.2, 0) is 0 Å². The van der Waals surface area contributed by atoms with Gasteiger partial charge < -0.3 is 10.2 Å². The molecule has 0 atom stereocenters. The molecule has 86 valence electrons. The van der Waals surface area contributed by atoms with Crippen LogP contribution in [0.15, 0.2) is 41.0 Å². The molecule has 0 saturated heterocycles. The Kier molecular flexibility index (Phi) is 3.10. The van der Waals surface area contributed by atoms with Crippen LogP contribution >= 0.6 is 15.9 Å². The molecule has 4 nitrogen and oxygen atoms in total. The first-order valence-electron chi connectivity index (χ1n) is 4.76. The highest BCUT2D eigenvalue weighted by Gasteiger charge is 2.10. The molecule has 1 aromatic carbocycles. The number of pyridine rings is 1. The van der Waals surface area contributed by atoms with E-state index in [4.69, 9.17) is 5.11 Å². The van der Waals surface area contributed by atoms with Gasteiger partial charge in [-0.05, 0) is 34.1 Å². The second kappa shape index (κ2) is 4.55. The van der Waals surface area contributed by atoms with Crippen molar-refractivity contribution in [3.63, 3.8) is 0 Å². The van der Waals surface area contributed by atoms with Crippen molar-refractivity contribution in [2.75, 3.05) is 0 Å². The van der Waals surface area contributed by atoms with Crippen molar-refractivity contribution in [3.8, 4) is 17.0 Å². The van der Waals surface area contributed by atoms with Crippen LogP contribution in [0.25, 0.3) is 11.3 Å². The molecule has 2 aromatic rings. The molecule has 0 aliphatic carbocycles. The molecule has 17 heavy (non-hydrogen) atoms. The van der Waals surface area contributed by atoms with Crippen molar-refractivity contribution in [1.29, 1.82) is 0 Å². The molecule has 0 fully saturated rings. The van der Waals surface area contributed by atoms with E-state index in [9.17, 15) is 9.90 Å². The lowest BCUT2D eigenvalue weighted by Crippen LogP contribution is -1.98. The number of aromatic carboxylic acids is 1. The maximum absolute atomic E-state index is 10.8. The minimum absolute atomic E-state index is 0.112. The van der Waals surface area contributed by atoms with Gasteiger partial charge in [0, 0.05) is 16.2 Å². The highest BCUT2D eigenvalue weighted by molar-refractivity contribution is 9.10. The highest BCUT2D eigenvalue weighted by Crippen LogP contribution is 2.28. The summed E-state index contributed by atoms with van der Waals surface area (Å²) in [6.45, 7) is 0. The van der Waals surface area contributed by atoms with Crippen LogP contribution in [0.4, 0.5) is 0 Å². The van der Waals surface area contributed by atoms with Gasteiger partial charge in [0.15, 0.2) is 0 Å². The molecule has 5 heteroatoms. The molecule has 0 radical (unpaired) electrons. The first-order valence-corrected chi connectivity index (χ1v) is 5.55. The van der Waals surface area contributed by atoms with Crippen molar-refractivity contribution < 1.29 is 15.0 Å². The van der Waals surface area contributed by atoms with E-state index in [1.165, 1.54) is 12.3 Å². The normalized spacial score (nSPS) is 10.2. The minimum Gasteiger partial charge on any atom is -0.508 e. The number of halogens is 1. The van der Waals surface area contributed by atoms with Crippen molar-refractivity contribution >= 4 is 21.9 Å². The van der Waals surface area contributed by atoms with E-state index in [2.05, 4.69) is 20.9 Å². The Morgan fingerprint density at radius 3 is 2.65 bits per heavy atom. The number of aromatic nitrogens is 1. The van der Waals surface area contributed by atoms with Crippen LogP contribution in [0.1, 0.15) is 10.4 Å². The van der Waals surface area contributed by atoms with Crippen LogP contribution in [-0.4, -0.2) is 21.2 Å². The number of carboxylic acid groups (broad SMARTS) is 1. The van der Waals surface area contributed by atoms with E-state index in [-0.39, 0.29) is 11.3 Å². The monoisotopic (exact) mass is 293 g/mol. The van der Waals surface area contributed by atoms with E-state index in [1.807, 2.05) is 0 Å². The molecule has 0 amide bonds. The number of aromatic hydroxyl groups is 1. The van der Waals surface area contributed by atoms with Crippen LogP contribution < -0.4 is 0 Å². The van der Waals surface area contributed by atoms with Gasteiger partial charge in [0.1, 0.15) is 5.75 Å². The molecular weight excluding hydrogens is 286 g/mol. The molecule has 1 aromatic heterocycles. The van der Waals surface area contributed by atoms with Crippen molar-refractivity contribution in [3.05, 3.63) is 46.6 Å². The SMILES string of the molecule is O=C(O)c1cnc(-c2cccc(O)c2)c(Br)c1. The average molecular weight is 294 g/mol. The number of carboxylic acids is 1. The number of rotatable bonds is 2. The standard InChI is InChI=1S/C12H8BrNO3/c13-10-5-8(12(16)17)6-14-11(10)7-2-1-3-9(15)4-7/h1-6,15H,(H,16,17). The van der Waals surface area contributed by atoms with Gasteiger partial charge in [0.25, 0.3) is 0 Å². The maximum Gasteiger partial charge on any atom is 0.337 e. The van der Waals surface area contributed by atoms with Crippen molar-refractivity contribution in [2.45, 2.75) is 0 Å². The van der Waals surface area contributed by atoms with Gasteiger partial charge >= 0.3 is 5.97 Å². The third-order valence-corrected chi connectivity index (χ3v) is 2.81. The Bertz CT molecular complexity index is 584. The predicted molar refractivity (Wildman–Crippen MR) is 66.0 cm³/mol. The number of carbonyl (C=O) groups is 1. The maximum atomic E-state index is 10.8. The fourth-order valence-corrected chi connectivity index (χ4v) is 2.00. The van der Waals surface area contributed by atoms with E-state index in [1.54, 1.807) is 24.3 Å². The Labute approximate surface area is 106 Å². The summed E-state index contributed by atoms with van der Waals surface area (Å²) in [4.78, 5) is 14.8. The number of phenolic OH excluding ortho intramolecular Hbond substituents is 1. The Balaban J connectivity index is 2.50. The minimum atomic E-state index is -1.03. The number of benzene rings is 1. The number of hydrogen-bond acceptors (Lipinski definition) is 3. The molecular formula is C12H8BrNO3. The first kappa shape index (κ1) is 11.6. The smallest absolute Gasteiger partial charge is 0.337 e. The summed E-state index contributed by atoms with van der Waals surface area (Å²) in [5.74, 6) is -0.890. The van der Waals surface area contributed by atoms with E-state index < -0.39 is 5.97 Å². The molecule has 0 bridgehead atoms. The molecule has 0 aliphatic rings. The summed E-state index contributed by atoms with van der Waals surface area (Å²) in [5, 5.41) is 18.2. The molecule has 1 heterocycles. The summed E-state index contributed by atoms with van der Waals surface area (Å²) >= 11 is 3.27. The van der Waals surface area contributed by atoms with Crippen LogP contribution in [0.3, 0.4) is 0 Å². The topological polar surface area (TPSA) is 70.4 Å². The average Bonchev–Trinajstić information content (AvgIpc) is 2.28. The summed E-state index contributed by atoms with van der Waals surface area (Å²) in [6, 6.07) is 8.09. The molecule has 0 unspecified atom stereocenters. The van der Waals surface area contributed by atoms with E-state index >= 15 is 0 Å². The second-order valence-electron chi connectivity index (χ2n) is 3.41. The van der Waals surface area contributed by atoms with Crippen LogP contribution in [0.2, 0.25) is 0 Å². The number of phenols is 1. The predicted octanol–water partition coefficient (Wildman–Crippen LogP) is 2.91. The lowest BCUT2D eigenvalue weighted by atomic mass is 10.1. The lowest BCUT2D eigenvalue weighted by Gasteiger charge is -2.05. The fourth-order valence-electron chi connectivity index (χ4n) is 1.42. The molecule has 2 rings (SSSR count). The Hall–Kier alpha value is -1.88. The number of hydrogen-bond donors (Lipinski definition) is 2. The third-order valence-electron chi connectivity index (χ3n) is 2.21. The largest absolute Gasteiger partial charge is 0.508 e. The second-order valence-corrected chi connectivity index (χ2v) is 4.26. The highest BCUT2D eigenvalue weighted by atomic mass is 79.9. The molecule has 0 aliphatic heterocycles. The molecule has 2 N–H and O–H groups in total. The summed E-state index contributed by atoms with van der Waals surface area (Å²) in [6.07, 6.45) is 1.28. The summed E-state index contributed by atoms with van der Waals surface area (Å²) in [5.41, 5.74) is 1.42. The summed E-state index contributed by atoms with van der Waals surface area (Å²) < 4.78 is 0.572. The lowest BCUT2D eigenvalue weighted by molar-refractivity contribution is 0.0696. The quantitative estimate of drug-likeness (QED) is 0.893. The van der Waals surface area contributed by atoms with Crippen LogP contribution in [0, 0.1) is 0 Å². The van der Waals surface area contributed by atoms with Gasteiger partial charge in [-0.2, -0.15) is 0 Å². The van der Waals surface area contributed by atoms with Gasteiger partial charge in [-0.1, -0.05) is 12.1 Å². The summed E-state index contributed by atoms with van der Waals surface area (Å²) in [7, 11) is 0. The zero-order valence-electron chi connectivity index (χ0n) is 8.59. The zero-order chi connectivity index (χ0) is 12.4. The van der Waals surface area contributed by atoms with Gasteiger partial charge in [-0.15, -0.1) is 0 Å². The molecule has 0 saturated carbocycles. The van der Waals surface area contributed by atoms with Gasteiger partial charge in [-0.25, -0.2) is 4.79 Å².